The fourth-order valence-corrected chi connectivity index (χ4v) is 3.82. The van der Waals surface area contributed by atoms with Gasteiger partial charge in [-0.15, -0.1) is 0 Å². The third-order valence-corrected chi connectivity index (χ3v) is 5.68. The second-order valence-electron chi connectivity index (χ2n) is 8.10. The number of para-hydroxylation sites is 1. The van der Waals surface area contributed by atoms with Crippen LogP contribution in [0.3, 0.4) is 0 Å². The maximum Gasteiger partial charge on any atom is 0.321 e. The molecule has 0 saturated carbocycles. The van der Waals surface area contributed by atoms with E-state index in [9.17, 15) is 4.79 Å². The normalized spacial score (nSPS) is 13.7. The Morgan fingerprint density at radius 3 is 2.41 bits per heavy atom. The molecule has 1 aromatic heterocycles. The first-order valence-corrected chi connectivity index (χ1v) is 11.1. The van der Waals surface area contributed by atoms with Gasteiger partial charge in [0, 0.05) is 49.3 Å². The summed E-state index contributed by atoms with van der Waals surface area (Å²) in [5.74, 6) is 1.46. The summed E-state index contributed by atoms with van der Waals surface area (Å²) in [6.07, 6.45) is 0.885. The second kappa shape index (κ2) is 9.68. The first-order chi connectivity index (χ1) is 15.5. The van der Waals surface area contributed by atoms with Gasteiger partial charge in [0.25, 0.3) is 0 Å². The van der Waals surface area contributed by atoms with Crippen molar-refractivity contribution in [2.45, 2.75) is 27.2 Å². The number of benzene rings is 2. The van der Waals surface area contributed by atoms with Crippen LogP contribution in [-0.2, 0) is 6.42 Å². The molecule has 3 aromatic rings. The standard InChI is InChI=1S/C25H30N6O/c1-4-20-7-5-6-8-22(20)28-25(32)31-15-13-30(14-16-31)23-17-19(3)26-24(29-23)27-21-11-9-18(2)10-12-21/h5-12,17H,4,13-16H2,1-3H3,(H,28,32)(H,26,27,29). The highest BCUT2D eigenvalue weighted by molar-refractivity contribution is 5.90. The molecule has 0 atom stereocenters. The van der Waals surface area contributed by atoms with Crippen molar-refractivity contribution in [3.8, 4) is 0 Å². The molecule has 7 nitrogen and oxygen atoms in total. The van der Waals surface area contributed by atoms with E-state index in [1.165, 1.54) is 5.56 Å². The van der Waals surface area contributed by atoms with Crippen LogP contribution in [0.15, 0.2) is 54.6 Å². The molecule has 0 aliphatic carbocycles. The maximum atomic E-state index is 12.8. The lowest BCUT2D eigenvalue weighted by Crippen LogP contribution is -2.50. The summed E-state index contributed by atoms with van der Waals surface area (Å²) in [7, 11) is 0. The van der Waals surface area contributed by atoms with Gasteiger partial charge in [0.1, 0.15) is 5.82 Å². The van der Waals surface area contributed by atoms with Crippen molar-refractivity contribution in [1.29, 1.82) is 0 Å². The zero-order valence-corrected chi connectivity index (χ0v) is 18.9. The lowest BCUT2D eigenvalue weighted by Gasteiger charge is -2.35. The molecule has 7 heteroatoms. The third-order valence-electron chi connectivity index (χ3n) is 5.68. The van der Waals surface area contributed by atoms with Crippen LogP contribution in [0.5, 0.6) is 0 Å². The molecule has 0 bridgehead atoms. The smallest absolute Gasteiger partial charge is 0.321 e. The van der Waals surface area contributed by atoms with Crippen molar-refractivity contribution in [2.75, 3.05) is 41.7 Å². The molecule has 2 N–H and O–H groups in total. The van der Waals surface area contributed by atoms with Gasteiger partial charge in [0.15, 0.2) is 0 Å². The first kappa shape index (κ1) is 21.6. The first-order valence-electron chi connectivity index (χ1n) is 11.1. The van der Waals surface area contributed by atoms with Crippen molar-refractivity contribution in [3.05, 3.63) is 71.4 Å². The minimum atomic E-state index is -0.0499. The van der Waals surface area contributed by atoms with Crippen LogP contribution in [0.4, 0.5) is 27.9 Å². The minimum Gasteiger partial charge on any atom is -0.353 e. The predicted octanol–water partition coefficient (Wildman–Crippen LogP) is 4.75. The van der Waals surface area contributed by atoms with Crippen molar-refractivity contribution < 1.29 is 4.79 Å². The Morgan fingerprint density at radius 1 is 0.969 bits per heavy atom. The number of piperazine rings is 1. The molecule has 1 fully saturated rings. The summed E-state index contributed by atoms with van der Waals surface area (Å²) < 4.78 is 0. The summed E-state index contributed by atoms with van der Waals surface area (Å²) in [6.45, 7) is 8.86. The van der Waals surface area contributed by atoms with Crippen molar-refractivity contribution in [1.82, 2.24) is 14.9 Å². The lowest BCUT2D eigenvalue weighted by molar-refractivity contribution is 0.208. The Hall–Kier alpha value is -3.61. The molecular weight excluding hydrogens is 400 g/mol. The highest BCUT2D eigenvalue weighted by Gasteiger charge is 2.23. The molecule has 2 amide bonds. The number of rotatable bonds is 5. The van der Waals surface area contributed by atoms with E-state index in [0.29, 0.717) is 19.0 Å². The van der Waals surface area contributed by atoms with Gasteiger partial charge < -0.3 is 20.4 Å². The number of hydrogen-bond donors (Lipinski definition) is 2. The molecule has 1 saturated heterocycles. The van der Waals surface area contributed by atoms with Crippen LogP contribution in [0.1, 0.15) is 23.7 Å². The van der Waals surface area contributed by atoms with Gasteiger partial charge in [0.05, 0.1) is 0 Å². The summed E-state index contributed by atoms with van der Waals surface area (Å²) in [5, 5.41) is 6.36. The maximum absolute atomic E-state index is 12.8. The number of nitrogens with one attached hydrogen (secondary N) is 2. The molecular formula is C25H30N6O. The largest absolute Gasteiger partial charge is 0.353 e. The molecule has 0 unspecified atom stereocenters. The van der Waals surface area contributed by atoms with Gasteiger partial charge in [-0.05, 0) is 44.0 Å². The molecule has 166 valence electrons. The van der Waals surface area contributed by atoms with Crippen molar-refractivity contribution in [3.63, 3.8) is 0 Å². The van der Waals surface area contributed by atoms with E-state index in [1.54, 1.807) is 0 Å². The molecule has 4 rings (SSSR count). The van der Waals surface area contributed by atoms with E-state index in [1.807, 2.05) is 54.3 Å². The van der Waals surface area contributed by atoms with E-state index in [-0.39, 0.29) is 6.03 Å². The number of nitrogens with zero attached hydrogens (tertiary/aromatic N) is 4. The molecule has 32 heavy (non-hydrogen) atoms. The Morgan fingerprint density at radius 2 is 1.69 bits per heavy atom. The van der Waals surface area contributed by atoms with Gasteiger partial charge in [-0.2, -0.15) is 4.98 Å². The van der Waals surface area contributed by atoms with Crippen LogP contribution in [0, 0.1) is 13.8 Å². The summed E-state index contributed by atoms with van der Waals surface area (Å²) in [6, 6.07) is 18.1. The van der Waals surface area contributed by atoms with Crippen molar-refractivity contribution in [2.24, 2.45) is 0 Å². The molecule has 0 spiro atoms. The summed E-state index contributed by atoms with van der Waals surface area (Å²) >= 11 is 0. The number of aryl methyl sites for hydroxylation is 3. The van der Waals surface area contributed by atoms with E-state index < -0.39 is 0 Å². The van der Waals surface area contributed by atoms with Crippen LogP contribution in [0.2, 0.25) is 0 Å². The molecule has 1 aliphatic rings. The van der Waals surface area contributed by atoms with Crippen LogP contribution < -0.4 is 15.5 Å². The zero-order chi connectivity index (χ0) is 22.5. The van der Waals surface area contributed by atoms with Crippen molar-refractivity contribution >= 4 is 29.2 Å². The quantitative estimate of drug-likeness (QED) is 0.611. The molecule has 2 aromatic carbocycles. The number of anilines is 4. The molecule has 0 radical (unpaired) electrons. The number of aromatic nitrogens is 2. The Bertz CT molecular complexity index is 1070. The van der Waals surface area contributed by atoms with E-state index in [0.717, 1.165) is 48.0 Å². The number of carbonyl (C=O) groups is 1. The monoisotopic (exact) mass is 430 g/mol. The predicted molar refractivity (Wildman–Crippen MR) is 130 cm³/mol. The highest BCUT2D eigenvalue weighted by atomic mass is 16.2. The number of urea groups is 1. The number of carbonyl (C=O) groups excluding carboxylic acids is 1. The van der Waals surface area contributed by atoms with Gasteiger partial charge in [-0.1, -0.05) is 42.8 Å². The lowest BCUT2D eigenvalue weighted by atomic mass is 10.1. The fraction of sp³-hybridized carbons (Fsp3) is 0.320. The molecule has 1 aliphatic heterocycles. The average Bonchev–Trinajstić information content (AvgIpc) is 2.80. The van der Waals surface area contributed by atoms with Gasteiger partial charge >= 0.3 is 6.03 Å². The Kier molecular flexibility index (Phi) is 6.54. The van der Waals surface area contributed by atoms with Crippen LogP contribution >= 0.6 is 0 Å². The highest BCUT2D eigenvalue weighted by Crippen LogP contribution is 2.21. The van der Waals surface area contributed by atoms with Gasteiger partial charge in [-0.25, -0.2) is 9.78 Å². The summed E-state index contributed by atoms with van der Waals surface area (Å²) in [4.78, 5) is 26.1. The van der Waals surface area contributed by atoms with Gasteiger partial charge in [-0.3, -0.25) is 0 Å². The van der Waals surface area contributed by atoms with E-state index in [4.69, 9.17) is 4.98 Å². The SMILES string of the molecule is CCc1ccccc1NC(=O)N1CCN(c2cc(C)nc(Nc3ccc(C)cc3)n2)CC1. The number of amides is 2. The van der Waals surface area contributed by atoms with Crippen LogP contribution in [-0.4, -0.2) is 47.1 Å². The Balaban J connectivity index is 1.39. The fourth-order valence-electron chi connectivity index (χ4n) is 3.82. The second-order valence-corrected chi connectivity index (χ2v) is 8.10. The summed E-state index contributed by atoms with van der Waals surface area (Å²) in [5.41, 5.74) is 5.11. The molecule has 2 heterocycles. The van der Waals surface area contributed by atoms with Gasteiger partial charge in [0.2, 0.25) is 5.95 Å². The number of hydrogen-bond acceptors (Lipinski definition) is 5. The Labute approximate surface area is 189 Å². The average molecular weight is 431 g/mol. The minimum absolute atomic E-state index is 0.0499. The zero-order valence-electron chi connectivity index (χ0n) is 18.9. The van der Waals surface area contributed by atoms with E-state index in [2.05, 4.69) is 46.5 Å². The van der Waals surface area contributed by atoms with Crippen LogP contribution in [0.25, 0.3) is 0 Å². The topological polar surface area (TPSA) is 73.4 Å². The van der Waals surface area contributed by atoms with E-state index >= 15 is 0 Å². The third kappa shape index (κ3) is 5.17.